The van der Waals surface area contributed by atoms with E-state index in [1.54, 1.807) is 0 Å². The number of amides is 1. The van der Waals surface area contributed by atoms with Gasteiger partial charge in [-0.2, -0.15) is 26.3 Å². The summed E-state index contributed by atoms with van der Waals surface area (Å²) in [5.41, 5.74) is 0.0112. The van der Waals surface area contributed by atoms with Crippen LogP contribution in [0, 0.1) is 11.8 Å². The van der Waals surface area contributed by atoms with Crippen LogP contribution in [0.2, 0.25) is 5.15 Å². The Kier molecular flexibility index (Phi) is 5.31. The zero-order valence-corrected chi connectivity index (χ0v) is 12.8. The molecule has 1 amide bonds. The summed E-state index contributed by atoms with van der Waals surface area (Å²) < 4.78 is 77.3. The monoisotopic (exact) mass is 374 g/mol. The van der Waals surface area contributed by atoms with Crippen LogP contribution in [0.15, 0.2) is 18.3 Å². The van der Waals surface area contributed by atoms with Crippen LogP contribution in [0.25, 0.3) is 0 Å². The highest BCUT2D eigenvalue weighted by Crippen LogP contribution is 2.45. The molecule has 0 unspecified atom stereocenters. The van der Waals surface area contributed by atoms with Crippen molar-refractivity contribution in [3.05, 3.63) is 29.0 Å². The first-order chi connectivity index (χ1) is 11.0. The molecule has 0 saturated heterocycles. The molecule has 1 N–H and O–H groups in total. The van der Waals surface area contributed by atoms with Crippen molar-refractivity contribution in [1.29, 1.82) is 0 Å². The first-order valence-corrected chi connectivity index (χ1v) is 7.40. The molecule has 1 heterocycles. The number of nitrogens with zero attached hydrogens (tertiary/aromatic N) is 1. The second-order valence-corrected chi connectivity index (χ2v) is 6.11. The first-order valence-electron chi connectivity index (χ1n) is 7.02. The summed E-state index contributed by atoms with van der Waals surface area (Å²) >= 11 is 5.55. The number of aromatic nitrogens is 1. The number of hydrogen-bond donors (Lipinski definition) is 1. The summed E-state index contributed by atoms with van der Waals surface area (Å²) in [7, 11) is 0. The quantitative estimate of drug-likeness (QED) is 0.617. The van der Waals surface area contributed by atoms with E-state index < -0.39 is 55.4 Å². The van der Waals surface area contributed by atoms with Crippen molar-refractivity contribution in [2.45, 2.75) is 37.7 Å². The maximum Gasteiger partial charge on any atom is 0.391 e. The highest BCUT2D eigenvalue weighted by molar-refractivity contribution is 6.29. The lowest BCUT2D eigenvalue weighted by molar-refractivity contribution is -0.225. The van der Waals surface area contributed by atoms with Crippen LogP contribution >= 0.6 is 11.6 Å². The van der Waals surface area contributed by atoms with Crippen LogP contribution in [-0.2, 0) is 0 Å². The third kappa shape index (κ3) is 4.75. The van der Waals surface area contributed by atoms with Crippen molar-refractivity contribution in [3.8, 4) is 0 Å². The van der Waals surface area contributed by atoms with Gasteiger partial charge in [0, 0.05) is 12.2 Å². The van der Waals surface area contributed by atoms with Gasteiger partial charge in [-0.1, -0.05) is 11.6 Å². The Balaban J connectivity index is 2.12. The van der Waals surface area contributed by atoms with Gasteiger partial charge in [-0.15, -0.1) is 0 Å². The van der Waals surface area contributed by atoms with E-state index in [0.29, 0.717) is 0 Å². The average molecular weight is 375 g/mol. The molecule has 1 aliphatic rings. The lowest BCUT2D eigenvalue weighted by Crippen LogP contribution is -2.47. The molecule has 0 aromatic carbocycles. The molecule has 0 aliphatic heterocycles. The van der Waals surface area contributed by atoms with Crippen molar-refractivity contribution in [1.82, 2.24) is 10.3 Å². The minimum Gasteiger partial charge on any atom is -0.349 e. The van der Waals surface area contributed by atoms with E-state index in [1.165, 1.54) is 12.1 Å². The van der Waals surface area contributed by atoms with Crippen LogP contribution in [-0.4, -0.2) is 29.3 Å². The fourth-order valence-corrected chi connectivity index (χ4v) is 2.86. The molecule has 134 valence electrons. The van der Waals surface area contributed by atoms with Crippen molar-refractivity contribution in [3.63, 3.8) is 0 Å². The zero-order chi connectivity index (χ0) is 18.1. The normalized spacial score (nSPS) is 25.4. The number of hydrogen-bond acceptors (Lipinski definition) is 2. The summed E-state index contributed by atoms with van der Waals surface area (Å²) in [5.74, 6) is -4.99. The van der Waals surface area contributed by atoms with Crippen molar-refractivity contribution < 1.29 is 31.1 Å². The molecule has 0 radical (unpaired) electrons. The molecule has 1 saturated carbocycles. The van der Waals surface area contributed by atoms with Gasteiger partial charge in [0.15, 0.2) is 0 Å². The van der Waals surface area contributed by atoms with E-state index in [9.17, 15) is 31.1 Å². The third-order valence-electron chi connectivity index (χ3n) is 3.96. The molecule has 10 heteroatoms. The Labute approximate surface area is 138 Å². The van der Waals surface area contributed by atoms with Gasteiger partial charge in [-0.25, -0.2) is 4.98 Å². The number of rotatable bonds is 2. The summed E-state index contributed by atoms with van der Waals surface area (Å²) in [6.45, 7) is 0. The Bertz CT molecular complexity index is 564. The highest BCUT2D eigenvalue weighted by Gasteiger charge is 2.52. The smallest absolute Gasteiger partial charge is 0.349 e. The van der Waals surface area contributed by atoms with Gasteiger partial charge in [0.1, 0.15) is 5.15 Å². The van der Waals surface area contributed by atoms with Gasteiger partial charge in [0.2, 0.25) is 0 Å². The summed E-state index contributed by atoms with van der Waals surface area (Å²) in [4.78, 5) is 15.6. The number of halogens is 7. The molecule has 2 rings (SSSR count). The Morgan fingerprint density at radius 3 is 2.00 bits per heavy atom. The maximum atomic E-state index is 12.9. The second kappa shape index (κ2) is 6.78. The standard InChI is InChI=1S/C14H13ClF6N2O/c15-11-2-1-7(6-22-11)12(24)23-10-4-8(13(16,17)18)3-9(5-10)14(19,20)21/h1-2,6,8-10H,3-5H2,(H,23,24)/t8-,9-/m1/s1. The molecule has 2 atom stereocenters. The molecule has 1 aromatic heterocycles. The van der Waals surface area contributed by atoms with Gasteiger partial charge in [-0.3, -0.25) is 4.79 Å². The minimum atomic E-state index is -4.74. The van der Waals surface area contributed by atoms with Crippen molar-refractivity contribution in [2.75, 3.05) is 0 Å². The lowest BCUT2D eigenvalue weighted by atomic mass is 9.77. The van der Waals surface area contributed by atoms with Crippen LogP contribution in [0.5, 0.6) is 0 Å². The zero-order valence-electron chi connectivity index (χ0n) is 12.1. The summed E-state index contributed by atoms with van der Waals surface area (Å²) in [5, 5.41) is 2.35. The van der Waals surface area contributed by atoms with Crippen molar-refractivity contribution in [2.24, 2.45) is 11.8 Å². The number of nitrogens with one attached hydrogen (secondary N) is 1. The van der Waals surface area contributed by atoms with E-state index >= 15 is 0 Å². The number of carbonyl (C=O) groups excluding carboxylic acids is 1. The minimum absolute atomic E-state index is 0.0112. The maximum absolute atomic E-state index is 12.9. The molecule has 3 nitrogen and oxygen atoms in total. The number of alkyl halides is 6. The van der Waals surface area contributed by atoms with E-state index in [1.807, 2.05) is 0 Å². The molecule has 0 spiro atoms. The third-order valence-corrected chi connectivity index (χ3v) is 4.18. The Morgan fingerprint density at radius 1 is 1.04 bits per heavy atom. The van der Waals surface area contributed by atoms with Gasteiger partial charge in [0.05, 0.1) is 17.4 Å². The fraction of sp³-hybridized carbons (Fsp3) is 0.571. The van der Waals surface area contributed by atoms with Crippen LogP contribution in [0.3, 0.4) is 0 Å². The lowest BCUT2D eigenvalue weighted by Gasteiger charge is -2.36. The first kappa shape index (κ1) is 18.8. The number of pyridine rings is 1. The molecule has 1 aliphatic carbocycles. The fourth-order valence-electron chi connectivity index (χ4n) is 2.75. The summed E-state index contributed by atoms with van der Waals surface area (Å²) in [6.07, 6.45) is -10.6. The van der Waals surface area contributed by atoms with Gasteiger partial charge in [0.25, 0.3) is 5.91 Å². The van der Waals surface area contributed by atoms with E-state index in [2.05, 4.69) is 10.3 Å². The molecular weight excluding hydrogens is 362 g/mol. The largest absolute Gasteiger partial charge is 0.391 e. The SMILES string of the molecule is O=C(NC1C[C@H](C(F)(F)F)C[C@@H](C(F)(F)F)C1)c1ccc(Cl)nc1. The highest BCUT2D eigenvalue weighted by atomic mass is 35.5. The van der Waals surface area contributed by atoms with E-state index in [4.69, 9.17) is 11.6 Å². The predicted octanol–water partition coefficient (Wildman–Crippen LogP) is 4.37. The van der Waals surface area contributed by atoms with Crippen molar-refractivity contribution >= 4 is 17.5 Å². The Morgan fingerprint density at radius 2 is 1.58 bits per heavy atom. The predicted molar refractivity (Wildman–Crippen MR) is 73.4 cm³/mol. The molecule has 0 bridgehead atoms. The topological polar surface area (TPSA) is 42.0 Å². The van der Waals surface area contributed by atoms with Gasteiger partial charge >= 0.3 is 12.4 Å². The second-order valence-electron chi connectivity index (χ2n) is 5.72. The summed E-state index contributed by atoms with van der Waals surface area (Å²) in [6, 6.07) is 1.37. The average Bonchev–Trinajstić information content (AvgIpc) is 2.45. The van der Waals surface area contributed by atoms with E-state index in [0.717, 1.165) is 6.20 Å². The molecular formula is C14H13ClF6N2O. The molecule has 1 aromatic rings. The van der Waals surface area contributed by atoms with Crippen LogP contribution in [0.4, 0.5) is 26.3 Å². The van der Waals surface area contributed by atoms with Crippen LogP contribution in [0.1, 0.15) is 29.6 Å². The number of carbonyl (C=O) groups is 1. The van der Waals surface area contributed by atoms with Crippen LogP contribution < -0.4 is 5.32 Å². The molecule has 24 heavy (non-hydrogen) atoms. The molecule has 1 fully saturated rings. The van der Waals surface area contributed by atoms with Gasteiger partial charge < -0.3 is 5.32 Å². The van der Waals surface area contributed by atoms with E-state index in [-0.39, 0.29) is 10.7 Å². The Hall–Kier alpha value is -1.51. The van der Waals surface area contributed by atoms with Gasteiger partial charge in [-0.05, 0) is 31.4 Å².